The molecule has 2 N–H and O–H groups in total. The predicted molar refractivity (Wildman–Crippen MR) is 65.6 cm³/mol. The number of nitrogens with zero attached hydrogens (tertiary/aromatic N) is 1. The molecule has 7 nitrogen and oxygen atoms in total. The van der Waals surface area contributed by atoms with E-state index in [9.17, 15) is 8.42 Å². The first kappa shape index (κ1) is 11.8. The van der Waals surface area contributed by atoms with Gasteiger partial charge in [-0.2, -0.15) is 0 Å². The number of rotatable bonds is 2. The van der Waals surface area contributed by atoms with Crippen molar-refractivity contribution in [2.75, 3.05) is 18.8 Å². The van der Waals surface area contributed by atoms with Gasteiger partial charge in [0, 0.05) is 17.9 Å². The number of aromatic nitrogens is 1. The molecule has 0 saturated heterocycles. The molecule has 1 aliphatic heterocycles. The third kappa shape index (κ3) is 1.89. The molecular weight excluding hydrogens is 272 g/mol. The number of nitrogen functional groups attached to an aromatic ring is 1. The molecule has 0 amide bonds. The molecule has 1 aromatic heterocycles. The van der Waals surface area contributed by atoms with Gasteiger partial charge in [-0.15, -0.1) is 0 Å². The smallest absolute Gasteiger partial charge is 0.231 e. The lowest BCUT2D eigenvalue weighted by Crippen LogP contribution is -2.00. The molecular formula is C11H10N2O5S. The Kier molecular flexibility index (Phi) is 2.42. The van der Waals surface area contributed by atoms with Gasteiger partial charge in [0.15, 0.2) is 21.3 Å². The minimum absolute atomic E-state index is 0.0452. The highest BCUT2D eigenvalue weighted by Crippen LogP contribution is 2.41. The Labute approximate surface area is 108 Å². The van der Waals surface area contributed by atoms with Crippen LogP contribution in [0, 0.1) is 0 Å². The van der Waals surface area contributed by atoms with Crippen LogP contribution in [-0.4, -0.2) is 26.6 Å². The maximum Gasteiger partial charge on any atom is 0.231 e. The number of hydrogen-bond donors (Lipinski definition) is 1. The minimum Gasteiger partial charge on any atom is -0.454 e. The van der Waals surface area contributed by atoms with E-state index in [2.05, 4.69) is 5.16 Å². The SMILES string of the molecule is CS(=O)(=O)c1cc2c(cc1-c1cnoc1N)OCO2. The third-order valence-corrected chi connectivity index (χ3v) is 3.90. The molecule has 0 spiro atoms. The molecule has 0 radical (unpaired) electrons. The molecule has 1 aliphatic rings. The maximum atomic E-state index is 11.9. The normalized spacial score (nSPS) is 13.7. The van der Waals surface area contributed by atoms with E-state index in [0.717, 1.165) is 6.26 Å². The molecule has 3 rings (SSSR count). The van der Waals surface area contributed by atoms with Crippen molar-refractivity contribution < 1.29 is 22.4 Å². The standard InChI is InChI=1S/C11H10N2O5S/c1-19(14,15)10-3-9-8(16-5-17-9)2-6(10)7-4-13-18-11(7)12/h2-4H,5,12H2,1H3. The molecule has 2 heterocycles. The first-order valence-corrected chi connectivity index (χ1v) is 7.20. The molecule has 1 aromatic carbocycles. The van der Waals surface area contributed by atoms with Gasteiger partial charge in [0.2, 0.25) is 12.7 Å². The van der Waals surface area contributed by atoms with E-state index < -0.39 is 9.84 Å². The van der Waals surface area contributed by atoms with E-state index >= 15 is 0 Å². The second kappa shape index (κ2) is 3.89. The Hall–Kier alpha value is -2.22. The monoisotopic (exact) mass is 282 g/mol. The van der Waals surface area contributed by atoms with Gasteiger partial charge in [-0.3, -0.25) is 0 Å². The Morgan fingerprint density at radius 3 is 2.47 bits per heavy atom. The lowest BCUT2D eigenvalue weighted by atomic mass is 10.1. The van der Waals surface area contributed by atoms with E-state index in [0.29, 0.717) is 22.6 Å². The van der Waals surface area contributed by atoms with Crippen LogP contribution in [0.4, 0.5) is 5.88 Å². The zero-order chi connectivity index (χ0) is 13.6. The molecule has 2 aromatic rings. The molecule has 0 aliphatic carbocycles. The number of fused-ring (bicyclic) bond motifs is 1. The van der Waals surface area contributed by atoms with E-state index in [1.54, 1.807) is 6.07 Å². The fourth-order valence-electron chi connectivity index (χ4n) is 1.89. The largest absolute Gasteiger partial charge is 0.454 e. The summed E-state index contributed by atoms with van der Waals surface area (Å²) in [7, 11) is -3.46. The fourth-order valence-corrected chi connectivity index (χ4v) is 2.78. The van der Waals surface area contributed by atoms with Crippen molar-refractivity contribution in [1.82, 2.24) is 5.16 Å². The summed E-state index contributed by atoms with van der Waals surface area (Å²) in [4.78, 5) is 0.0895. The summed E-state index contributed by atoms with van der Waals surface area (Å²) in [5.74, 6) is 0.894. The van der Waals surface area contributed by atoms with Crippen LogP contribution in [0.15, 0.2) is 27.7 Å². The van der Waals surface area contributed by atoms with Crippen molar-refractivity contribution in [1.29, 1.82) is 0 Å². The highest BCUT2D eigenvalue weighted by Gasteiger charge is 2.24. The van der Waals surface area contributed by atoms with Gasteiger partial charge in [-0.05, 0) is 6.07 Å². The number of sulfone groups is 1. The van der Waals surface area contributed by atoms with E-state index in [1.165, 1.54) is 12.3 Å². The number of anilines is 1. The van der Waals surface area contributed by atoms with Crippen molar-refractivity contribution in [3.8, 4) is 22.6 Å². The molecule has 0 fully saturated rings. The van der Waals surface area contributed by atoms with Crippen molar-refractivity contribution in [2.45, 2.75) is 4.90 Å². The molecule has 0 saturated carbocycles. The predicted octanol–water partition coefficient (Wildman–Crippen LogP) is 1.06. The van der Waals surface area contributed by atoms with Crippen LogP contribution in [0.1, 0.15) is 0 Å². The quantitative estimate of drug-likeness (QED) is 0.877. The van der Waals surface area contributed by atoms with Gasteiger partial charge in [-0.25, -0.2) is 8.42 Å². The summed E-state index contributed by atoms with van der Waals surface area (Å²) < 4.78 is 38.9. The third-order valence-electron chi connectivity index (χ3n) is 2.76. The molecule has 8 heteroatoms. The van der Waals surface area contributed by atoms with Gasteiger partial charge in [0.05, 0.1) is 16.7 Å². The molecule has 0 unspecified atom stereocenters. The van der Waals surface area contributed by atoms with E-state index in [1.807, 2.05) is 0 Å². The molecule has 19 heavy (non-hydrogen) atoms. The second-order valence-corrected chi connectivity index (χ2v) is 6.06. The Balaban J connectivity index is 2.31. The Morgan fingerprint density at radius 1 is 1.21 bits per heavy atom. The van der Waals surface area contributed by atoms with Crippen LogP contribution in [-0.2, 0) is 9.84 Å². The van der Waals surface area contributed by atoms with Gasteiger partial charge in [0.1, 0.15) is 0 Å². The average Bonchev–Trinajstić information content (AvgIpc) is 2.93. The van der Waals surface area contributed by atoms with Gasteiger partial charge >= 0.3 is 0 Å². The van der Waals surface area contributed by atoms with Gasteiger partial charge < -0.3 is 19.7 Å². The summed E-state index contributed by atoms with van der Waals surface area (Å²) in [5.41, 5.74) is 6.42. The van der Waals surface area contributed by atoms with Crippen molar-refractivity contribution >= 4 is 15.7 Å². The number of nitrogens with two attached hydrogens (primary N) is 1. The van der Waals surface area contributed by atoms with E-state index in [-0.39, 0.29) is 17.6 Å². The zero-order valence-electron chi connectivity index (χ0n) is 9.91. The van der Waals surface area contributed by atoms with Crippen LogP contribution >= 0.6 is 0 Å². The van der Waals surface area contributed by atoms with Crippen LogP contribution in [0.2, 0.25) is 0 Å². The molecule has 100 valence electrons. The lowest BCUT2D eigenvalue weighted by Gasteiger charge is -2.08. The van der Waals surface area contributed by atoms with Crippen molar-refractivity contribution in [2.24, 2.45) is 0 Å². The summed E-state index contributed by atoms with van der Waals surface area (Å²) in [6.45, 7) is 0.0567. The number of hydrogen-bond acceptors (Lipinski definition) is 7. The first-order chi connectivity index (χ1) is 8.97. The van der Waals surface area contributed by atoms with Crippen molar-refractivity contribution in [3.05, 3.63) is 18.3 Å². The average molecular weight is 282 g/mol. The number of benzene rings is 1. The maximum absolute atomic E-state index is 11.9. The zero-order valence-corrected chi connectivity index (χ0v) is 10.7. The molecule has 0 bridgehead atoms. The summed E-state index contributed by atoms with van der Waals surface area (Å²) in [6.07, 6.45) is 2.47. The number of ether oxygens (including phenoxy) is 2. The van der Waals surface area contributed by atoms with Crippen LogP contribution in [0.5, 0.6) is 11.5 Å². The van der Waals surface area contributed by atoms with Crippen LogP contribution in [0.3, 0.4) is 0 Å². The summed E-state index contributed by atoms with van der Waals surface area (Å²) in [5, 5.41) is 3.55. The van der Waals surface area contributed by atoms with Crippen LogP contribution < -0.4 is 15.2 Å². The fraction of sp³-hybridized carbons (Fsp3) is 0.182. The summed E-state index contributed by atoms with van der Waals surface area (Å²) in [6, 6.07) is 2.97. The Bertz CT molecular complexity index is 750. The lowest BCUT2D eigenvalue weighted by molar-refractivity contribution is 0.174. The van der Waals surface area contributed by atoms with E-state index in [4.69, 9.17) is 19.7 Å². The van der Waals surface area contributed by atoms with Gasteiger partial charge in [-0.1, -0.05) is 5.16 Å². The highest BCUT2D eigenvalue weighted by molar-refractivity contribution is 7.90. The Morgan fingerprint density at radius 2 is 1.89 bits per heavy atom. The molecule has 0 atom stereocenters. The summed E-state index contributed by atoms with van der Waals surface area (Å²) >= 11 is 0. The highest BCUT2D eigenvalue weighted by atomic mass is 32.2. The van der Waals surface area contributed by atoms with Crippen molar-refractivity contribution in [3.63, 3.8) is 0 Å². The van der Waals surface area contributed by atoms with Gasteiger partial charge in [0.25, 0.3) is 0 Å². The minimum atomic E-state index is -3.46. The first-order valence-electron chi connectivity index (χ1n) is 5.31. The van der Waals surface area contributed by atoms with Crippen LogP contribution in [0.25, 0.3) is 11.1 Å². The topological polar surface area (TPSA) is 105 Å². The second-order valence-electron chi connectivity index (χ2n) is 4.08.